The zero-order valence-electron chi connectivity index (χ0n) is 17.8. The standard InChI is InChI=1S/C23H19Cl2N5O3/c1-14-11-15(2)30(29-14)21-9-10-23(28-27-21)33-18-6-4-17(5-7-18)26-22(31)13-32-20-8-3-16(24)12-19(20)25/h3-12H,13H2,1-2H3,(H,26,31). The molecule has 0 aliphatic carbocycles. The van der Waals surface area contributed by atoms with Crippen molar-refractivity contribution in [3.05, 3.63) is 82.1 Å². The number of hydrogen-bond donors (Lipinski definition) is 1. The zero-order valence-corrected chi connectivity index (χ0v) is 19.3. The van der Waals surface area contributed by atoms with Gasteiger partial charge in [0.1, 0.15) is 11.5 Å². The van der Waals surface area contributed by atoms with Crippen LogP contribution in [0.4, 0.5) is 5.69 Å². The van der Waals surface area contributed by atoms with Crippen molar-refractivity contribution in [2.75, 3.05) is 11.9 Å². The second-order valence-electron chi connectivity index (χ2n) is 7.11. The Morgan fingerprint density at radius 1 is 1.00 bits per heavy atom. The Morgan fingerprint density at radius 3 is 2.42 bits per heavy atom. The van der Waals surface area contributed by atoms with Crippen molar-refractivity contribution in [3.63, 3.8) is 0 Å². The minimum Gasteiger partial charge on any atom is -0.482 e. The predicted molar refractivity (Wildman–Crippen MR) is 126 cm³/mol. The first kappa shape index (κ1) is 22.6. The lowest BCUT2D eigenvalue weighted by atomic mass is 10.3. The SMILES string of the molecule is Cc1cc(C)n(-c2ccc(Oc3ccc(NC(=O)COc4ccc(Cl)cc4Cl)cc3)nn2)n1. The molecule has 0 atom stereocenters. The van der Waals surface area contributed by atoms with E-state index in [0.717, 1.165) is 11.4 Å². The van der Waals surface area contributed by atoms with E-state index in [1.54, 1.807) is 59.3 Å². The summed E-state index contributed by atoms with van der Waals surface area (Å²) in [4.78, 5) is 12.2. The molecule has 0 aliphatic rings. The van der Waals surface area contributed by atoms with Crippen LogP contribution in [0.25, 0.3) is 5.82 Å². The molecule has 0 unspecified atom stereocenters. The summed E-state index contributed by atoms with van der Waals surface area (Å²) in [6.45, 7) is 3.67. The summed E-state index contributed by atoms with van der Waals surface area (Å²) < 4.78 is 12.9. The molecule has 8 nitrogen and oxygen atoms in total. The Hall–Kier alpha value is -3.62. The van der Waals surface area contributed by atoms with E-state index < -0.39 is 0 Å². The van der Waals surface area contributed by atoms with Gasteiger partial charge in [0, 0.05) is 22.5 Å². The number of carbonyl (C=O) groups is 1. The number of aromatic nitrogens is 4. The largest absolute Gasteiger partial charge is 0.482 e. The topological polar surface area (TPSA) is 91.2 Å². The molecule has 168 valence electrons. The van der Waals surface area contributed by atoms with Gasteiger partial charge in [-0.3, -0.25) is 4.79 Å². The van der Waals surface area contributed by atoms with Gasteiger partial charge in [0.05, 0.1) is 10.7 Å². The summed E-state index contributed by atoms with van der Waals surface area (Å²) in [6.07, 6.45) is 0. The maximum Gasteiger partial charge on any atom is 0.262 e. The van der Waals surface area contributed by atoms with Crippen LogP contribution in [0.1, 0.15) is 11.4 Å². The van der Waals surface area contributed by atoms with Gasteiger partial charge < -0.3 is 14.8 Å². The Kier molecular flexibility index (Phi) is 6.76. The minimum absolute atomic E-state index is 0.198. The number of halogens is 2. The Balaban J connectivity index is 1.31. The Bertz CT molecular complexity index is 1270. The zero-order chi connectivity index (χ0) is 23.4. The lowest BCUT2D eigenvalue weighted by Crippen LogP contribution is -2.20. The third-order valence-corrected chi connectivity index (χ3v) is 5.00. The van der Waals surface area contributed by atoms with Crippen molar-refractivity contribution in [2.45, 2.75) is 13.8 Å². The molecule has 1 N–H and O–H groups in total. The van der Waals surface area contributed by atoms with Gasteiger partial charge in [0.25, 0.3) is 5.91 Å². The Morgan fingerprint density at radius 2 is 1.79 bits per heavy atom. The molecule has 4 rings (SSSR count). The van der Waals surface area contributed by atoms with E-state index in [9.17, 15) is 4.79 Å². The molecule has 4 aromatic rings. The number of nitrogens with zero attached hydrogens (tertiary/aromatic N) is 4. The average Bonchev–Trinajstić information content (AvgIpc) is 3.13. The van der Waals surface area contributed by atoms with E-state index in [1.807, 2.05) is 19.9 Å². The molecule has 0 spiro atoms. The first-order valence-corrected chi connectivity index (χ1v) is 10.7. The maximum atomic E-state index is 12.2. The van der Waals surface area contributed by atoms with E-state index in [4.69, 9.17) is 32.7 Å². The molecule has 33 heavy (non-hydrogen) atoms. The van der Waals surface area contributed by atoms with Crippen LogP contribution in [-0.4, -0.2) is 32.5 Å². The van der Waals surface area contributed by atoms with Crippen LogP contribution < -0.4 is 14.8 Å². The van der Waals surface area contributed by atoms with Crippen molar-refractivity contribution in [3.8, 4) is 23.2 Å². The molecule has 2 heterocycles. The highest BCUT2D eigenvalue weighted by molar-refractivity contribution is 6.35. The molecular formula is C23H19Cl2N5O3. The summed E-state index contributed by atoms with van der Waals surface area (Å²) >= 11 is 11.9. The van der Waals surface area contributed by atoms with E-state index >= 15 is 0 Å². The summed E-state index contributed by atoms with van der Waals surface area (Å²) in [7, 11) is 0. The molecule has 0 radical (unpaired) electrons. The van der Waals surface area contributed by atoms with Gasteiger partial charge in [0.2, 0.25) is 5.88 Å². The minimum atomic E-state index is -0.333. The van der Waals surface area contributed by atoms with Crippen LogP contribution >= 0.6 is 23.2 Å². The first-order chi connectivity index (χ1) is 15.9. The van der Waals surface area contributed by atoms with Crippen LogP contribution in [0.3, 0.4) is 0 Å². The number of hydrogen-bond acceptors (Lipinski definition) is 6. The first-order valence-electron chi connectivity index (χ1n) is 9.90. The van der Waals surface area contributed by atoms with Gasteiger partial charge in [-0.1, -0.05) is 23.2 Å². The number of nitrogens with one attached hydrogen (secondary N) is 1. The fourth-order valence-corrected chi connectivity index (χ4v) is 3.46. The number of rotatable bonds is 7. The summed E-state index contributed by atoms with van der Waals surface area (Å²) in [5.74, 6) is 1.54. The molecular weight excluding hydrogens is 465 g/mol. The molecule has 0 aliphatic heterocycles. The van der Waals surface area contributed by atoms with Crippen molar-refractivity contribution in [1.29, 1.82) is 0 Å². The maximum absolute atomic E-state index is 12.2. The molecule has 0 fully saturated rings. The number of carbonyl (C=O) groups excluding carboxylic acids is 1. The predicted octanol–water partition coefficient (Wildman–Crippen LogP) is 5.40. The quantitative estimate of drug-likeness (QED) is 0.378. The number of anilines is 1. The van der Waals surface area contributed by atoms with Gasteiger partial charge in [-0.15, -0.1) is 10.2 Å². The van der Waals surface area contributed by atoms with Crippen LogP contribution in [-0.2, 0) is 4.79 Å². The van der Waals surface area contributed by atoms with E-state index in [2.05, 4.69) is 20.6 Å². The summed E-state index contributed by atoms with van der Waals surface area (Å²) in [5, 5.41) is 16.2. The molecule has 0 saturated carbocycles. The number of ether oxygens (including phenoxy) is 2. The third kappa shape index (κ3) is 5.79. The van der Waals surface area contributed by atoms with Gasteiger partial charge in [0.15, 0.2) is 12.4 Å². The molecule has 1 amide bonds. The highest BCUT2D eigenvalue weighted by atomic mass is 35.5. The summed E-state index contributed by atoms with van der Waals surface area (Å²) in [5.41, 5.74) is 2.46. The smallest absolute Gasteiger partial charge is 0.262 e. The van der Waals surface area contributed by atoms with Crippen molar-refractivity contribution in [2.24, 2.45) is 0 Å². The highest BCUT2D eigenvalue weighted by Gasteiger charge is 2.09. The van der Waals surface area contributed by atoms with Crippen molar-refractivity contribution < 1.29 is 14.3 Å². The normalized spacial score (nSPS) is 10.7. The van der Waals surface area contributed by atoms with Gasteiger partial charge in [-0.2, -0.15) is 5.10 Å². The van der Waals surface area contributed by atoms with Crippen LogP contribution in [0.2, 0.25) is 10.0 Å². The van der Waals surface area contributed by atoms with Gasteiger partial charge in [-0.25, -0.2) is 4.68 Å². The monoisotopic (exact) mass is 483 g/mol. The molecule has 0 bridgehead atoms. The highest BCUT2D eigenvalue weighted by Crippen LogP contribution is 2.27. The van der Waals surface area contributed by atoms with E-state index in [1.165, 1.54) is 0 Å². The van der Waals surface area contributed by atoms with Crippen LogP contribution in [0, 0.1) is 13.8 Å². The molecule has 10 heteroatoms. The number of amides is 1. The van der Waals surface area contributed by atoms with Crippen LogP contribution in [0.15, 0.2) is 60.7 Å². The second kappa shape index (κ2) is 9.89. The van der Waals surface area contributed by atoms with E-state index in [-0.39, 0.29) is 12.5 Å². The molecule has 2 aromatic heterocycles. The fraction of sp³-hybridized carbons (Fsp3) is 0.130. The van der Waals surface area contributed by atoms with E-state index in [0.29, 0.717) is 38.9 Å². The average molecular weight is 484 g/mol. The van der Waals surface area contributed by atoms with Gasteiger partial charge >= 0.3 is 0 Å². The second-order valence-corrected chi connectivity index (χ2v) is 7.95. The van der Waals surface area contributed by atoms with Crippen molar-refractivity contribution in [1.82, 2.24) is 20.0 Å². The fourth-order valence-electron chi connectivity index (χ4n) is 3.00. The molecule has 0 saturated heterocycles. The summed E-state index contributed by atoms with van der Waals surface area (Å²) in [6, 6.07) is 17.1. The van der Waals surface area contributed by atoms with Crippen molar-refractivity contribution >= 4 is 34.8 Å². The lowest BCUT2D eigenvalue weighted by molar-refractivity contribution is -0.118. The number of benzene rings is 2. The lowest BCUT2D eigenvalue weighted by Gasteiger charge is -2.10. The third-order valence-electron chi connectivity index (χ3n) is 4.47. The number of aryl methyl sites for hydroxylation is 2. The van der Waals surface area contributed by atoms with Crippen LogP contribution in [0.5, 0.6) is 17.4 Å². The Labute approximate surface area is 200 Å². The van der Waals surface area contributed by atoms with Gasteiger partial charge in [-0.05, 0) is 68.4 Å². The molecule has 2 aromatic carbocycles.